The fourth-order valence-electron chi connectivity index (χ4n) is 3.73. The number of fused-ring (bicyclic) bond motifs is 1. The number of piperidine rings is 1. The van der Waals surface area contributed by atoms with Crippen molar-refractivity contribution in [1.82, 2.24) is 14.9 Å². The molecule has 1 fully saturated rings. The summed E-state index contributed by atoms with van der Waals surface area (Å²) in [6.07, 6.45) is 1.68. The van der Waals surface area contributed by atoms with Crippen LogP contribution in [-0.4, -0.2) is 53.1 Å². The first-order valence-corrected chi connectivity index (χ1v) is 10.8. The summed E-state index contributed by atoms with van der Waals surface area (Å²) in [7, 11) is 0. The van der Waals surface area contributed by atoms with E-state index in [2.05, 4.69) is 14.9 Å². The molecule has 2 aromatic heterocycles. The number of aryl methyl sites for hydroxylation is 1. The second-order valence-corrected chi connectivity index (χ2v) is 8.17. The van der Waals surface area contributed by atoms with Crippen molar-refractivity contribution in [3.05, 3.63) is 26.6 Å². The van der Waals surface area contributed by atoms with Gasteiger partial charge in [-0.2, -0.15) is 0 Å². The third-order valence-corrected chi connectivity index (χ3v) is 6.46. The van der Waals surface area contributed by atoms with Crippen molar-refractivity contribution in [2.24, 2.45) is 5.92 Å². The number of aromatic amines is 1. The van der Waals surface area contributed by atoms with Gasteiger partial charge in [0.25, 0.3) is 5.56 Å². The molecule has 0 spiro atoms. The largest absolute Gasteiger partial charge is 0.466 e. The molecule has 1 aliphatic rings. The van der Waals surface area contributed by atoms with E-state index in [0.717, 1.165) is 19.4 Å². The monoisotopic (exact) mass is 421 g/mol. The highest BCUT2D eigenvalue weighted by molar-refractivity contribution is 7.20. The SMILES string of the molecule is CCOC(=O)c1sc2nc(C(C)N3CCCC(C(=O)OCC)C3)[nH]c(=O)c2c1C. The van der Waals surface area contributed by atoms with Gasteiger partial charge in [0.15, 0.2) is 0 Å². The lowest BCUT2D eigenvalue weighted by molar-refractivity contribution is -0.150. The number of esters is 2. The Balaban J connectivity index is 1.88. The molecule has 8 nitrogen and oxygen atoms in total. The van der Waals surface area contributed by atoms with E-state index in [0.29, 0.717) is 39.6 Å². The summed E-state index contributed by atoms with van der Waals surface area (Å²) in [5.41, 5.74) is 0.330. The molecule has 158 valence electrons. The minimum atomic E-state index is -0.435. The van der Waals surface area contributed by atoms with Crippen LogP contribution in [0, 0.1) is 12.8 Å². The number of hydrogen-bond donors (Lipinski definition) is 1. The number of carbonyl (C=O) groups excluding carboxylic acids is 2. The number of likely N-dealkylation sites (tertiary alicyclic amines) is 1. The van der Waals surface area contributed by atoms with E-state index in [-0.39, 0.29) is 30.1 Å². The minimum absolute atomic E-state index is 0.166. The predicted molar refractivity (Wildman–Crippen MR) is 110 cm³/mol. The van der Waals surface area contributed by atoms with Crippen LogP contribution >= 0.6 is 11.3 Å². The van der Waals surface area contributed by atoms with Crippen LogP contribution in [-0.2, 0) is 14.3 Å². The first-order chi connectivity index (χ1) is 13.9. The molecular formula is C20H27N3O5S. The Bertz CT molecular complexity index is 967. The van der Waals surface area contributed by atoms with Crippen LogP contribution < -0.4 is 5.56 Å². The van der Waals surface area contributed by atoms with E-state index < -0.39 is 5.97 Å². The lowest BCUT2D eigenvalue weighted by Crippen LogP contribution is -2.41. The first-order valence-electron chi connectivity index (χ1n) is 9.98. The highest BCUT2D eigenvalue weighted by atomic mass is 32.1. The number of nitrogens with zero attached hydrogens (tertiary/aromatic N) is 2. The fourth-order valence-corrected chi connectivity index (χ4v) is 4.82. The quantitative estimate of drug-likeness (QED) is 0.716. The topological polar surface area (TPSA) is 102 Å². The van der Waals surface area contributed by atoms with Gasteiger partial charge in [0.1, 0.15) is 15.5 Å². The van der Waals surface area contributed by atoms with Crippen molar-refractivity contribution in [1.29, 1.82) is 0 Å². The van der Waals surface area contributed by atoms with Gasteiger partial charge in [0.05, 0.1) is 30.6 Å². The smallest absolute Gasteiger partial charge is 0.348 e. The van der Waals surface area contributed by atoms with Crippen molar-refractivity contribution >= 4 is 33.5 Å². The maximum absolute atomic E-state index is 12.7. The third kappa shape index (κ3) is 4.35. The molecule has 0 aliphatic carbocycles. The number of hydrogen-bond acceptors (Lipinski definition) is 8. The molecule has 1 aliphatic heterocycles. The molecule has 0 bridgehead atoms. The predicted octanol–water partition coefficient (Wildman–Crippen LogP) is 2.81. The Morgan fingerprint density at radius 2 is 2.03 bits per heavy atom. The van der Waals surface area contributed by atoms with Crippen molar-refractivity contribution in [3.63, 3.8) is 0 Å². The molecule has 0 aromatic carbocycles. The van der Waals surface area contributed by atoms with E-state index in [1.807, 2.05) is 6.92 Å². The van der Waals surface area contributed by atoms with Gasteiger partial charge in [-0.25, -0.2) is 9.78 Å². The maximum Gasteiger partial charge on any atom is 0.348 e. The molecule has 2 aromatic rings. The molecule has 9 heteroatoms. The lowest BCUT2D eigenvalue weighted by Gasteiger charge is -2.35. The average molecular weight is 422 g/mol. The zero-order chi connectivity index (χ0) is 21.1. The van der Waals surface area contributed by atoms with Crippen LogP contribution in [0.25, 0.3) is 10.2 Å². The lowest BCUT2D eigenvalue weighted by atomic mass is 9.97. The fraction of sp³-hybridized carbons (Fsp3) is 0.600. The van der Waals surface area contributed by atoms with Crippen LogP contribution in [0.2, 0.25) is 0 Å². The van der Waals surface area contributed by atoms with Crippen LogP contribution in [0.15, 0.2) is 4.79 Å². The minimum Gasteiger partial charge on any atom is -0.466 e. The van der Waals surface area contributed by atoms with Gasteiger partial charge in [0.2, 0.25) is 0 Å². The van der Waals surface area contributed by atoms with Gasteiger partial charge in [-0.15, -0.1) is 11.3 Å². The molecule has 1 N–H and O–H groups in total. The Morgan fingerprint density at radius 3 is 2.72 bits per heavy atom. The van der Waals surface area contributed by atoms with Crippen LogP contribution in [0.4, 0.5) is 0 Å². The Labute approximate surface area is 173 Å². The Morgan fingerprint density at radius 1 is 1.31 bits per heavy atom. The highest BCUT2D eigenvalue weighted by Gasteiger charge is 2.31. The van der Waals surface area contributed by atoms with Gasteiger partial charge in [0, 0.05) is 6.54 Å². The standard InChI is InChI=1S/C20H27N3O5S/c1-5-27-19(25)13-8-7-9-23(10-13)12(4)16-21-17(24)14-11(3)15(20(26)28-6-2)29-18(14)22-16/h12-13H,5-10H2,1-4H3,(H,21,22,24). The van der Waals surface area contributed by atoms with Crippen molar-refractivity contribution in [2.45, 2.75) is 46.6 Å². The highest BCUT2D eigenvalue weighted by Crippen LogP contribution is 2.30. The van der Waals surface area contributed by atoms with Gasteiger partial charge in [-0.05, 0) is 52.6 Å². The summed E-state index contributed by atoms with van der Waals surface area (Å²) in [6, 6.07) is -0.169. The number of H-pyrrole nitrogens is 1. The molecule has 0 amide bonds. The molecular weight excluding hydrogens is 394 g/mol. The average Bonchev–Trinajstić information content (AvgIpc) is 3.05. The first kappa shape index (κ1) is 21.4. The van der Waals surface area contributed by atoms with E-state index >= 15 is 0 Å². The number of nitrogens with one attached hydrogen (secondary N) is 1. The summed E-state index contributed by atoms with van der Waals surface area (Å²) in [6.45, 7) is 9.28. The van der Waals surface area contributed by atoms with Gasteiger partial charge >= 0.3 is 11.9 Å². The van der Waals surface area contributed by atoms with E-state index in [1.54, 1.807) is 20.8 Å². The van der Waals surface area contributed by atoms with E-state index in [1.165, 1.54) is 11.3 Å². The number of aromatic nitrogens is 2. The second-order valence-electron chi connectivity index (χ2n) is 7.17. The third-order valence-electron chi connectivity index (χ3n) is 5.30. The molecule has 2 unspecified atom stereocenters. The molecule has 0 radical (unpaired) electrons. The molecule has 0 saturated carbocycles. The Hall–Kier alpha value is -2.26. The summed E-state index contributed by atoms with van der Waals surface area (Å²) in [4.78, 5) is 47.6. The van der Waals surface area contributed by atoms with E-state index in [4.69, 9.17) is 9.47 Å². The van der Waals surface area contributed by atoms with Crippen molar-refractivity contribution < 1.29 is 19.1 Å². The molecule has 3 rings (SSSR count). The Kier molecular flexibility index (Phi) is 6.69. The molecule has 1 saturated heterocycles. The summed E-state index contributed by atoms with van der Waals surface area (Å²) in [5.74, 6) is -0.241. The van der Waals surface area contributed by atoms with Crippen molar-refractivity contribution in [2.75, 3.05) is 26.3 Å². The summed E-state index contributed by atoms with van der Waals surface area (Å²) in [5, 5.41) is 0.428. The van der Waals surface area contributed by atoms with Crippen LogP contribution in [0.5, 0.6) is 0 Å². The zero-order valence-corrected chi connectivity index (χ0v) is 18.1. The summed E-state index contributed by atoms with van der Waals surface area (Å²) < 4.78 is 10.3. The van der Waals surface area contributed by atoms with E-state index in [9.17, 15) is 14.4 Å². The number of thiophene rings is 1. The van der Waals surface area contributed by atoms with Gasteiger partial charge < -0.3 is 14.5 Å². The second kappa shape index (κ2) is 9.04. The van der Waals surface area contributed by atoms with Crippen LogP contribution in [0.1, 0.15) is 60.7 Å². The van der Waals surface area contributed by atoms with Crippen LogP contribution in [0.3, 0.4) is 0 Å². The zero-order valence-electron chi connectivity index (χ0n) is 17.2. The maximum atomic E-state index is 12.7. The van der Waals surface area contributed by atoms with Gasteiger partial charge in [-0.1, -0.05) is 0 Å². The van der Waals surface area contributed by atoms with Crippen molar-refractivity contribution in [3.8, 4) is 0 Å². The number of carbonyl (C=O) groups is 2. The molecule has 2 atom stereocenters. The number of rotatable bonds is 6. The normalized spacial score (nSPS) is 18.6. The number of ether oxygens (including phenoxy) is 2. The molecule has 29 heavy (non-hydrogen) atoms. The van der Waals surface area contributed by atoms with Gasteiger partial charge in [-0.3, -0.25) is 14.5 Å². The summed E-state index contributed by atoms with van der Waals surface area (Å²) >= 11 is 1.18. The molecule has 3 heterocycles.